The molecule has 20 heavy (non-hydrogen) atoms. The Bertz CT molecular complexity index is 388. The highest BCUT2D eigenvalue weighted by Crippen LogP contribution is 2.32. The molecule has 0 spiro atoms. The molecule has 112 valence electrons. The molecule has 2 rings (SSSR count). The number of benzene rings is 1. The predicted octanol–water partition coefficient (Wildman–Crippen LogP) is 2.94. The fraction of sp³-hybridized carbons (Fsp3) is 0.647. The van der Waals surface area contributed by atoms with Gasteiger partial charge in [0.2, 0.25) is 0 Å². The number of hydrogen-bond donors (Lipinski definition) is 2. The highest BCUT2D eigenvalue weighted by molar-refractivity contribution is 5.37. The normalized spacial score (nSPS) is 19.2. The van der Waals surface area contributed by atoms with Gasteiger partial charge >= 0.3 is 0 Å². The van der Waals surface area contributed by atoms with Crippen LogP contribution in [0.1, 0.15) is 44.1 Å². The van der Waals surface area contributed by atoms with E-state index in [9.17, 15) is 0 Å². The second kappa shape index (κ2) is 8.28. The van der Waals surface area contributed by atoms with E-state index in [2.05, 4.69) is 30.4 Å². The molecule has 2 unspecified atom stereocenters. The van der Waals surface area contributed by atoms with Crippen molar-refractivity contribution >= 4 is 0 Å². The summed E-state index contributed by atoms with van der Waals surface area (Å²) in [4.78, 5) is 0. The molecule has 0 saturated carbocycles. The first-order chi connectivity index (χ1) is 9.85. The Morgan fingerprint density at radius 2 is 2.20 bits per heavy atom. The van der Waals surface area contributed by atoms with Crippen LogP contribution in [0.3, 0.4) is 0 Å². The van der Waals surface area contributed by atoms with Gasteiger partial charge in [0.05, 0.1) is 6.61 Å². The van der Waals surface area contributed by atoms with Gasteiger partial charge in [0.1, 0.15) is 5.75 Å². The molecule has 2 atom stereocenters. The molecule has 0 radical (unpaired) electrons. The molecule has 3 nitrogen and oxygen atoms in total. The largest absolute Gasteiger partial charge is 0.493 e. The van der Waals surface area contributed by atoms with Crippen molar-refractivity contribution in [2.45, 2.75) is 38.5 Å². The van der Waals surface area contributed by atoms with Gasteiger partial charge in [-0.05, 0) is 43.4 Å². The number of fused-ring (bicyclic) bond motifs is 1. The van der Waals surface area contributed by atoms with Crippen LogP contribution < -0.4 is 10.1 Å². The van der Waals surface area contributed by atoms with E-state index in [0.29, 0.717) is 18.4 Å². The second-order valence-corrected chi connectivity index (χ2v) is 5.70. The van der Waals surface area contributed by atoms with Crippen molar-refractivity contribution in [2.24, 2.45) is 5.92 Å². The first kappa shape index (κ1) is 15.3. The summed E-state index contributed by atoms with van der Waals surface area (Å²) in [6, 6.07) is 8.37. The first-order valence-electron chi connectivity index (χ1n) is 7.88. The minimum absolute atomic E-state index is 0.298. The van der Waals surface area contributed by atoms with Gasteiger partial charge in [0.15, 0.2) is 0 Å². The maximum Gasteiger partial charge on any atom is 0.122 e. The summed E-state index contributed by atoms with van der Waals surface area (Å²) in [7, 11) is 0. The number of hydrogen-bond acceptors (Lipinski definition) is 3. The van der Waals surface area contributed by atoms with E-state index in [4.69, 9.17) is 9.84 Å². The quantitative estimate of drug-likeness (QED) is 0.767. The molecular formula is C17H27NO2. The highest BCUT2D eigenvalue weighted by atomic mass is 16.5. The van der Waals surface area contributed by atoms with E-state index in [1.54, 1.807) is 0 Å². The van der Waals surface area contributed by atoms with Gasteiger partial charge in [-0.3, -0.25) is 0 Å². The molecule has 2 N–H and O–H groups in total. The van der Waals surface area contributed by atoms with E-state index in [1.165, 1.54) is 18.4 Å². The summed E-state index contributed by atoms with van der Waals surface area (Å²) in [6.45, 7) is 5.34. The van der Waals surface area contributed by atoms with Gasteiger partial charge < -0.3 is 15.2 Å². The Kier molecular flexibility index (Phi) is 6.34. The smallest absolute Gasteiger partial charge is 0.122 e. The van der Waals surface area contributed by atoms with Crippen LogP contribution in [0.5, 0.6) is 5.75 Å². The third-order valence-electron chi connectivity index (χ3n) is 4.14. The number of ether oxygens (including phenoxy) is 1. The van der Waals surface area contributed by atoms with Crippen LogP contribution in [-0.4, -0.2) is 31.4 Å². The summed E-state index contributed by atoms with van der Waals surface area (Å²) < 4.78 is 5.70. The zero-order valence-corrected chi connectivity index (χ0v) is 12.5. The Hall–Kier alpha value is -1.06. The summed E-state index contributed by atoms with van der Waals surface area (Å²) in [5.74, 6) is 2.20. The van der Waals surface area contributed by atoms with E-state index >= 15 is 0 Å². The zero-order valence-electron chi connectivity index (χ0n) is 12.5. The third-order valence-corrected chi connectivity index (χ3v) is 4.14. The van der Waals surface area contributed by atoms with E-state index < -0.39 is 0 Å². The van der Waals surface area contributed by atoms with Crippen LogP contribution in [0.25, 0.3) is 0 Å². The fourth-order valence-electron chi connectivity index (χ4n) is 3.03. The van der Waals surface area contributed by atoms with E-state index in [0.717, 1.165) is 38.3 Å². The maximum atomic E-state index is 9.10. The van der Waals surface area contributed by atoms with Crippen molar-refractivity contribution in [1.82, 2.24) is 5.32 Å². The van der Waals surface area contributed by atoms with Crippen molar-refractivity contribution < 1.29 is 9.84 Å². The van der Waals surface area contributed by atoms with Crippen molar-refractivity contribution in [3.63, 3.8) is 0 Å². The lowest BCUT2D eigenvalue weighted by Gasteiger charge is -2.27. The molecule has 1 aliphatic heterocycles. The Balaban J connectivity index is 1.82. The number of aliphatic hydroxyl groups is 1. The molecular weight excluding hydrogens is 250 g/mol. The summed E-state index contributed by atoms with van der Waals surface area (Å²) in [5.41, 5.74) is 1.33. The number of rotatable bonds is 8. The van der Waals surface area contributed by atoms with Gasteiger partial charge in [-0.1, -0.05) is 31.5 Å². The Morgan fingerprint density at radius 3 is 3.00 bits per heavy atom. The molecule has 1 aromatic carbocycles. The van der Waals surface area contributed by atoms with Crippen LogP contribution in [0, 0.1) is 5.92 Å². The minimum atomic E-state index is 0.298. The number of para-hydroxylation sites is 1. The molecule has 1 aromatic rings. The summed E-state index contributed by atoms with van der Waals surface area (Å²) >= 11 is 0. The maximum absolute atomic E-state index is 9.10. The summed E-state index contributed by atoms with van der Waals surface area (Å²) in [6.07, 6.45) is 4.37. The van der Waals surface area contributed by atoms with Crippen molar-refractivity contribution in [3.05, 3.63) is 29.8 Å². The third kappa shape index (κ3) is 4.22. The van der Waals surface area contributed by atoms with Crippen LogP contribution in [0.15, 0.2) is 24.3 Å². The van der Waals surface area contributed by atoms with Gasteiger partial charge in [0, 0.05) is 19.1 Å². The van der Waals surface area contributed by atoms with Crippen LogP contribution in [0.2, 0.25) is 0 Å². The average molecular weight is 277 g/mol. The molecule has 0 fully saturated rings. The topological polar surface area (TPSA) is 41.5 Å². The lowest BCUT2D eigenvalue weighted by Crippen LogP contribution is -2.30. The lowest BCUT2D eigenvalue weighted by atomic mass is 9.92. The molecule has 0 aliphatic carbocycles. The monoisotopic (exact) mass is 277 g/mol. The van der Waals surface area contributed by atoms with Crippen molar-refractivity contribution in [1.29, 1.82) is 0 Å². The van der Waals surface area contributed by atoms with Crippen LogP contribution >= 0.6 is 0 Å². The molecule has 0 amide bonds. The summed E-state index contributed by atoms with van der Waals surface area (Å²) in [5, 5.41) is 12.7. The van der Waals surface area contributed by atoms with Crippen molar-refractivity contribution in [3.8, 4) is 5.75 Å². The molecule has 1 aliphatic rings. The molecule has 0 bridgehead atoms. The van der Waals surface area contributed by atoms with Crippen LogP contribution in [-0.2, 0) is 0 Å². The van der Waals surface area contributed by atoms with Crippen molar-refractivity contribution in [2.75, 3.05) is 26.3 Å². The standard InChI is InChI=1S/C17H27NO2/c1-2-5-14(8-10-19)12-18-13-15-9-11-20-17-7-4-3-6-16(15)17/h3-4,6-7,14-15,18-19H,2,5,8-13H2,1H3. The van der Waals surface area contributed by atoms with Gasteiger partial charge in [-0.25, -0.2) is 0 Å². The molecule has 0 saturated heterocycles. The number of nitrogens with one attached hydrogen (secondary N) is 1. The fourth-order valence-corrected chi connectivity index (χ4v) is 3.03. The molecule has 3 heteroatoms. The van der Waals surface area contributed by atoms with E-state index in [-0.39, 0.29) is 0 Å². The predicted molar refractivity (Wildman–Crippen MR) is 82.3 cm³/mol. The van der Waals surface area contributed by atoms with Crippen LogP contribution in [0.4, 0.5) is 0 Å². The second-order valence-electron chi connectivity index (χ2n) is 5.70. The zero-order chi connectivity index (χ0) is 14.2. The van der Waals surface area contributed by atoms with Gasteiger partial charge in [-0.2, -0.15) is 0 Å². The minimum Gasteiger partial charge on any atom is -0.493 e. The van der Waals surface area contributed by atoms with E-state index in [1.807, 2.05) is 6.07 Å². The first-order valence-corrected chi connectivity index (χ1v) is 7.88. The average Bonchev–Trinajstić information content (AvgIpc) is 2.48. The SMILES string of the molecule is CCCC(CCO)CNCC1CCOc2ccccc21. The van der Waals surface area contributed by atoms with Gasteiger partial charge in [-0.15, -0.1) is 0 Å². The molecule has 0 aromatic heterocycles. The Labute approximate surface area is 122 Å². The molecule has 1 heterocycles. The lowest BCUT2D eigenvalue weighted by molar-refractivity contribution is 0.243. The van der Waals surface area contributed by atoms with Gasteiger partial charge in [0.25, 0.3) is 0 Å². The Morgan fingerprint density at radius 1 is 1.35 bits per heavy atom. The number of aliphatic hydroxyl groups excluding tert-OH is 1. The highest BCUT2D eigenvalue weighted by Gasteiger charge is 2.20.